The summed E-state index contributed by atoms with van der Waals surface area (Å²) in [5.74, 6) is -0.700. The van der Waals surface area contributed by atoms with Crippen LogP contribution in [0.1, 0.15) is 12.0 Å². The van der Waals surface area contributed by atoms with E-state index in [9.17, 15) is 18.0 Å². The Morgan fingerprint density at radius 2 is 2.17 bits per heavy atom. The van der Waals surface area contributed by atoms with E-state index in [1.165, 1.54) is 11.8 Å². The van der Waals surface area contributed by atoms with Crippen LogP contribution in [-0.4, -0.2) is 49.4 Å². The lowest BCUT2D eigenvalue weighted by Gasteiger charge is -2.10. The maximum Gasteiger partial charge on any atom is 0.316 e. The summed E-state index contributed by atoms with van der Waals surface area (Å²) in [6.07, 6.45) is 0.550. The zero-order chi connectivity index (χ0) is 17.7. The molecule has 132 valence electrons. The summed E-state index contributed by atoms with van der Waals surface area (Å²) in [5.41, 5.74) is 1.30. The normalized spacial score (nSPS) is 19.0. The molecule has 0 aliphatic carbocycles. The quantitative estimate of drug-likeness (QED) is 0.746. The molecule has 1 atom stereocenters. The minimum atomic E-state index is -2.96. The molecule has 1 amide bonds. The molecular formula is C15H18ClNO5S2. The number of halogens is 1. The van der Waals surface area contributed by atoms with Crippen molar-refractivity contribution in [1.29, 1.82) is 0 Å². The number of ether oxygens (including phenoxy) is 1. The van der Waals surface area contributed by atoms with Gasteiger partial charge in [0.15, 0.2) is 16.4 Å². The van der Waals surface area contributed by atoms with E-state index in [4.69, 9.17) is 16.3 Å². The minimum Gasteiger partial charge on any atom is -0.455 e. The first kappa shape index (κ1) is 19.1. The number of carbonyl (C=O) groups excluding carboxylic acids is 2. The van der Waals surface area contributed by atoms with Gasteiger partial charge in [0, 0.05) is 16.0 Å². The van der Waals surface area contributed by atoms with E-state index in [0.717, 1.165) is 5.56 Å². The Morgan fingerprint density at radius 3 is 2.83 bits per heavy atom. The van der Waals surface area contributed by atoms with Gasteiger partial charge in [0.05, 0.1) is 17.3 Å². The third kappa shape index (κ3) is 5.68. The Kier molecular flexibility index (Phi) is 6.54. The van der Waals surface area contributed by atoms with Gasteiger partial charge in [-0.2, -0.15) is 0 Å². The van der Waals surface area contributed by atoms with Gasteiger partial charge in [0.1, 0.15) is 0 Å². The van der Waals surface area contributed by atoms with Gasteiger partial charge in [-0.1, -0.05) is 17.7 Å². The zero-order valence-corrected chi connectivity index (χ0v) is 15.5. The van der Waals surface area contributed by atoms with Crippen molar-refractivity contribution in [3.8, 4) is 0 Å². The molecule has 24 heavy (non-hydrogen) atoms. The summed E-state index contributed by atoms with van der Waals surface area (Å²) in [6.45, 7) is 1.38. The smallest absolute Gasteiger partial charge is 0.316 e. The largest absolute Gasteiger partial charge is 0.455 e. The molecule has 6 nitrogen and oxygen atoms in total. The number of rotatable bonds is 6. The van der Waals surface area contributed by atoms with Crippen LogP contribution in [-0.2, 0) is 24.2 Å². The number of hydrogen-bond acceptors (Lipinski definition) is 6. The summed E-state index contributed by atoms with van der Waals surface area (Å²) in [7, 11) is -2.96. The molecule has 9 heteroatoms. The summed E-state index contributed by atoms with van der Waals surface area (Å²) in [4.78, 5) is 23.5. The highest BCUT2D eigenvalue weighted by Crippen LogP contribution is 2.24. The van der Waals surface area contributed by atoms with E-state index in [1.807, 2.05) is 0 Å². The molecule has 0 aromatic heterocycles. The molecule has 0 spiro atoms. The SMILES string of the molecule is Cc1c(Cl)cccc1NC(=O)COC(=O)CS[C@H]1CCS(=O)(=O)C1. The topological polar surface area (TPSA) is 89.5 Å². The lowest BCUT2D eigenvalue weighted by molar-refractivity contribution is -0.144. The Balaban J connectivity index is 1.71. The number of esters is 1. The van der Waals surface area contributed by atoms with Gasteiger partial charge in [-0.05, 0) is 31.0 Å². The van der Waals surface area contributed by atoms with Crippen LogP contribution in [0.5, 0.6) is 0 Å². The standard InChI is InChI=1S/C15H18ClNO5S2/c1-10-12(16)3-2-4-13(10)17-14(18)7-22-15(19)8-23-11-5-6-24(20,21)9-11/h2-4,11H,5-9H2,1H3,(H,17,18)/t11-/m0/s1. The third-order valence-corrected chi connectivity index (χ3v) is 7.20. The lowest BCUT2D eigenvalue weighted by atomic mass is 10.2. The van der Waals surface area contributed by atoms with Crippen LogP contribution in [0, 0.1) is 6.92 Å². The number of anilines is 1. The number of carbonyl (C=O) groups is 2. The molecule has 1 aliphatic rings. The fourth-order valence-corrected chi connectivity index (χ4v) is 5.81. The molecule has 1 fully saturated rings. The van der Waals surface area contributed by atoms with Gasteiger partial charge < -0.3 is 10.1 Å². The van der Waals surface area contributed by atoms with Gasteiger partial charge in [0.25, 0.3) is 5.91 Å². The first-order valence-electron chi connectivity index (χ1n) is 7.29. The summed E-state index contributed by atoms with van der Waals surface area (Å²) in [6, 6.07) is 5.13. The second kappa shape index (κ2) is 8.22. The summed E-state index contributed by atoms with van der Waals surface area (Å²) >= 11 is 7.22. The highest BCUT2D eigenvalue weighted by Gasteiger charge is 2.28. The molecule has 1 aromatic carbocycles. The molecule has 0 saturated carbocycles. The number of amides is 1. The van der Waals surface area contributed by atoms with E-state index < -0.39 is 28.3 Å². The summed E-state index contributed by atoms with van der Waals surface area (Å²) in [5, 5.41) is 3.08. The average molecular weight is 392 g/mol. The van der Waals surface area contributed by atoms with Crippen LogP contribution in [0.2, 0.25) is 5.02 Å². The van der Waals surface area contributed by atoms with Crippen LogP contribution in [0.15, 0.2) is 18.2 Å². The first-order valence-corrected chi connectivity index (χ1v) is 10.5. The highest BCUT2D eigenvalue weighted by molar-refractivity contribution is 8.02. The van der Waals surface area contributed by atoms with E-state index >= 15 is 0 Å². The van der Waals surface area contributed by atoms with Crippen molar-refractivity contribution in [3.05, 3.63) is 28.8 Å². The maximum atomic E-state index is 11.8. The maximum absolute atomic E-state index is 11.8. The Labute approximate surface area is 150 Å². The van der Waals surface area contributed by atoms with Crippen molar-refractivity contribution < 1.29 is 22.7 Å². The molecule has 1 N–H and O–H groups in total. The van der Waals surface area contributed by atoms with Crippen molar-refractivity contribution in [2.45, 2.75) is 18.6 Å². The molecule has 2 rings (SSSR count). The second-order valence-electron chi connectivity index (χ2n) is 5.46. The van der Waals surface area contributed by atoms with Crippen molar-refractivity contribution in [2.24, 2.45) is 0 Å². The Bertz CT molecular complexity index is 735. The fraction of sp³-hybridized carbons (Fsp3) is 0.467. The van der Waals surface area contributed by atoms with Crippen LogP contribution in [0.25, 0.3) is 0 Å². The van der Waals surface area contributed by atoms with Crippen LogP contribution >= 0.6 is 23.4 Å². The van der Waals surface area contributed by atoms with Gasteiger partial charge in [-0.3, -0.25) is 9.59 Å². The molecule has 0 radical (unpaired) electrons. The minimum absolute atomic E-state index is 0.0314. The van der Waals surface area contributed by atoms with Crippen molar-refractivity contribution in [1.82, 2.24) is 0 Å². The van der Waals surface area contributed by atoms with Gasteiger partial charge in [-0.15, -0.1) is 11.8 Å². The molecule has 1 aliphatic heterocycles. The van der Waals surface area contributed by atoms with Gasteiger partial charge in [0.2, 0.25) is 0 Å². The monoisotopic (exact) mass is 391 g/mol. The first-order chi connectivity index (χ1) is 11.3. The van der Waals surface area contributed by atoms with E-state index in [-0.39, 0.29) is 22.5 Å². The number of nitrogens with one attached hydrogen (secondary N) is 1. The molecule has 1 aromatic rings. The van der Waals surface area contributed by atoms with Crippen LogP contribution in [0.3, 0.4) is 0 Å². The average Bonchev–Trinajstić information content (AvgIpc) is 2.87. The Hall–Kier alpha value is -1.25. The zero-order valence-electron chi connectivity index (χ0n) is 13.1. The van der Waals surface area contributed by atoms with Gasteiger partial charge >= 0.3 is 5.97 Å². The molecule has 0 bridgehead atoms. The third-order valence-electron chi connectivity index (χ3n) is 3.53. The number of hydrogen-bond donors (Lipinski definition) is 1. The summed E-state index contributed by atoms with van der Waals surface area (Å²) < 4.78 is 27.6. The van der Waals surface area contributed by atoms with E-state index in [0.29, 0.717) is 17.1 Å². The number of thioether (sulfide) groups is 1. The predicted molar refractivity (Wildman–Crippen MR) is 95.3 cm³/mol. The van der Waals surface area contributed by atoms with Gasteiger partial charge in [-0.25, -0.2) is 8.42 Å². The molecule has 1 saturated heterocycles. The van der Waals surface area contributed by atoms with Crippen molar-refractivity contribution in [3.63, 3.8) is 0 Å². The second-order valence-corrected chi connectivity index (χ2v) is 9.38. The van der Waals surface area contributed by atoms with Crippen LogP contribution in [0.4, 0.5) is 5.69 Å². The van der Waals surface area contributed by atoms with E-state index in [2.05, 4.69) is 5.32 Å². The number of sulfone groups is 1. The molecular weight excluding hydrogens is 374 g/mol. The fourth-order valence-electron chi connectivity index (χ4n) is 2.20. The molecule has 1 heterocycles. The van der Waals surface area contributed by atoms with Crippen molar-refractivity contribution >= 4 is 50.8 Å². The highest BCUT2D eigenvalue weighted by atomic mass is 35.5. The van der Waals surface area contributed by atoms with Crippen LogP contribution < -0.4 is 5.32 Å². The predicted octanol–water partition coefficient (Wildman–Crippen LogP) is 2.05. The number of benzene rings is 1. The van der Waals surface area contributed by atoms with Crippen molar-refractivity contribution in [2.75, 3.05) is 29.2 Å². The van der Waals surface area contributed by atoms with E-state index in [1.54, 1.807) is 25.1 Å². The lowest BCUT2D eigenvalue weighted by Crippen LogP contribution is -2.22. The Morgan fingerprint density at radius 1 is 1.42 bits per heavy atom. The molecule has 0 unspecified atom stereocenters.